The minimum atomic E-state index is 0. The molecule has 0 aliphatic rings. The second-order valence-corrected chi connectivity index (χ2v) is 2.96. The van der Waals surface area contributed by atoms with Crippen molar-refractivity contribution >= 4 is 0 Å². The molecular weight excluding hydrogens is 214 g/mol. The fourth-order valence-corrected chi connectivity index (χ4v) is 1.16. The summed E-state index contributed by atoms with van der Waals surface area (Å²) in [6.07, 6.45) is 0. The van der Waals surface area contributed by atoms with Crippen LogP contribution in [0.5, 0.6) is 0 Å². The molecule has 0 radical (unpaired) electrons. The highest BCUT2D eigenvalue weighted by Crippen LogP contribution is 1.83. The van der Waals surface area contributed by atoms with E-state index in [0.717, 1.165) is 32.7 Å². The summed E-state index contributed by atoms with van der Waals surface area (Å²) in [5.41, 5.74) is 16.3. The van der Waals surface area contributed by atoms with Crippen LogP contribution in [0.2, 0.25) is 0 Å². The Balaban J connectivity index is -0.000000120. The van der Waals surface area contributed by atoms with Crippen molar-refractivity contribution in [2.75, 3.05) is 52.4 Å². The summed E-state index contributed by atoms with van der Waals surface area (Å²) >= 11 is 0. The van der Waals surface area contributed by atoms with Crippen LogP contribution in [0.1, 0.15) is 29.7 Å². The molecule has 0 aromatic carbocycles. The van der Waals surface area contributed by atoms with E-state index in [4.69, 9.17) is 17.2 Å². The Hall–Kier alpha value is -0.200. The van der Waals surface area contributed by atoms with Gasteiger partial charge in [0.15, 0.2) is 0 Å². The molecule has 112 valence electrons. The van der Waals surface area contributed by atoms with Crippen LogP contribution in [-0.2, 0) is 0 Å². The fraction of sp³-hybridized carbons (Fsp3) is 1.00. The van der Waals surface area contributed by atoms with Gasteiger partial charge in [-0.25, -0.2) is 0 Å². The third-order valence-electron chi connectivity index (χ3n) is 1.82. The van der Waals surface area contributed by atoms with Crippen molar-refractivity contribution in [1.82, 2.24) is 10.2 Å². The summed E-state index contributed by atoms with van der Waals surface area (Å²) in [7, 11) is 0. The lowest BCUT2D eigenvalue weighted by atomic mass is 10.4. The second kappa shape index (κ2) is 24.9. The van der Waals surface area contributed by atoms with Gasteiger partial charge in [-0.05, 0) is 0 Å². The van der Waals surface area contributed by atoms with Crippen LogP contribution >= 0.6 is 0 Å². The SMILES string of the molecule is C.C.C.C.NCCNCCN(CCN)CCN. The number of rotatable bonds is 9. The molecule has 0 saturated carbocycles. The van der Waals surface area contributed by atoms with Crippen molar-refractivity contribution in [2.45, 2.75) is 29.7 Å². The first-order valence-corrected chi connectivity index (χ1v) is 4.88. The Morgan fingerprint density at radius 2 is 1.12 bits per heavy atom. The maximum atomic E-state index is 5.47. The molecule has 0 spiro atoms. The Bertz CT molecular complexity index is 94.9. The molecule has 0 amide bonds. The predicted octanol–water partition coefficient (Wildman–Crippen LogP) is 0.299. The summed E-state index contributed by atoms with van der Waals surface area (Å²) in [6.45, 7) is 6.73. The average molecular weight is 253 g/mol. The van der Waals surface area contributed by atoms with Gasteiger partial charge >= 0.3 is 0 Å². The lowest BCUT2D eigenvalue weighted by Crippen LogP contribution is -2.39. The van der Waals surface area contributed by atoms with Gasteiger partial charge in [0.05, 0.1) is 0 Å². The van der Waals surface area contributed by atoms with E-state index in [9.17, 15) is 0 Å². The number of nitrogens with one attached hydrogen (secondary N) is 1. The Morgan fingerprint density at radius 3 is 1.47 bits per heavy atom. The number of hydrogen-bond donors (Lipinski definition) is 4. The molecule has 0 rings (SSSR count). The first-order valence-electron chi connectivity index (χ1n) is 4.88. The molecule has 0 aliphatic heterocycles. The van der Waals surface area contributed by atoms with Gasteiger partial charge in [0.1, 0.15) is 0 Å². The number of nitrogens with zero attached hydrogens (tertiary/aromatic N) is 1. The third kappa shape index (κ3) is 21.6. The fourth-order valence-electron chi connectivity index (χ4n) is 1.16. The maximum Gasteiger partial charge on any atom is 0.0108 e. The van der Waals surface area contributed by atoms with E-state index in [2.05, 4.69) is 10.2 Å². The van der Waals surface area contributed by atoms with E-state index < -0.39 is 0 Å². The van der Waals surface area contributed by atoms with Crippen molar-refractivity contribution < 1.29 is 0 Å². The molecule has 5 nitrogen and oxygen atoms in total. The zero-order valence-electron chi connectivity index (χ0n) is 8.34. The van der Waals surface area contributed by atoms with Crippen LogP contribution in [0, 0.1) is 0 Å². The highest BCUT2D eigenvalue weighted by molar-refractivity contribution is 4.60. The zero-order valence-corrected chi connectivity index (χ0v) is 8.34. The van der Waals surface area contributed by atoms with E-state index in [-0.39, 0.29) is 29.7 Å². The summed E-state index contributed by atoms with van der Waals surface area (Å²) < 4.78 is 0. The molecule has 0 aliphatic carbocycles. The average Bonchev–Trinajstić information content (AvgIpc) is 2.13. The predicted molar refractivity (Wildman–Crippen MR) is 83.4 cm³/mol. The highest BCUT2D eigenvalue weighted by Gasteiger charge is 2.00. The summed E-state index contributed by atoms with van der Waals surface area (Å²) in [5, 5.41) is 3.23. The van der Waals surface area contributed by atoms with Crippen LogP contribution < -0.4 is 22.5 Å². The van der Waals surface area contributed by atoms with E-state index in [0.29, 0.717) is 19.6 Å². The van der Waals surface area contributed by atoms with Crippen molar-refractivity contribution in [3.63, 3.8) is 0 Å². The molecule has 5 heteroatoms. The Morgan fingerprint density at radius 1 is 0.647 bits per heavy atom. The quantitative estimate of drug-likeness (QED) is 0.444. The first kappa shape index (κ1) is 30.1. The molecule has 0 fully saturated rings. The molecular formula is C12H39N5. The molecule has 0 unspecified atom stereocenters. The number of nitrogens with two attached hydrogens (primary N) is 3. The van der Waals surface area contributed by atoms with Gasteiger partial charge in [-0.1, -0.05) is 29.7 Å². The maximum absolute atomic E-state index is 5.47. The summed E-state index contributed by atoms with van der Waals surface area (Å²) in [5.74, 6) is 0. The first-order chi connectivity index (χ1) is 6.35. The minimum absolute atomic E-state index is 0. The van der Waals surface area contributed by atoms with Gasteiger partial charge in [0.2, 0.25) is 0 Å². The van der Waals surface area contributed by atoms with Crippen molar-refractivity contribution in [3.8, 4) is 0 Å². The van der Waals surface area contributed by atoms with Gasteiger partial charge in [-0.2, -0.15) is 0 Å². The van der Waals surface area contributed by atoms with E-state index in [1.54, 1.807) is 0 Å². The van der Waals surface area contributed by atoms with Gasteiger partial charge in [-0.15, -0.1) is 0 Å². The molecule has 0 saturated heterocycles. The van der Waals surface area contributed by atoms with Crippen molar-refractivity contribution in [3.05, 3.63) is 0 Å². The van der Waals surface area contributed by atoms with Crippen LogP contribution in [0.3, 0.4) is 0 Å². The topological polar surface area (TPSA) is 93.3 Å². The monoisotopic (exact) mass is 253 g/mol. The van der Waals surface area contributed by atoms with Gasteiger partial charge in [0, 0.05) is 52.4 Å². The molecule has 7 N–H and O–H groups in total. The Kier molecular flexibility index (Phi) is 44.0. The molecule has 0 heterocycles. The molecule has 0 bridgehead atoms. The zero-order chi connectivity index (χ0) is 9.94. The highest BCUT2D eigenvalue weighted by atomic mass is 15.1. The van der Waals surface area contributed by atoms with Gasteiger partial charge in [-0.3, -0.25) is 4.90 Å². The van der Waals surface area contributed by atoms with Crippen LogP contribution in [0.15, 0.2) is 0 Å². The van der Waals surface area contributed by atoms with E-state index >= 15 is 0 Å². The summed E-state index contributed by atoms with van der Waals surface area (Å²) in [4.78, 5) is 2.25. The lowest BCUT2D eigenvalue weighted by Gasteiger charge is -2.20. The van der Waals surface area contributed by atoms with Crippen molar-refractivity contribution in [1.29, 1.82) is 0 Å². The lowest BCUT2D eigenvalue weighted by molar-refractivity contribution is 0.288. The van der Waals surface area contributed by atoms with Crippen LogP contribution in [0.25, 0.3) is 0 Å². The third-order valence-corrected chi connectivity index (χ3v) is 1.82. The van der Waals surface area contributed by atoms with Gasteiger partial charge < -0.3 is 22.5 Å². The summed E-state index contributed by atoms with van der Waals surface area (Å²) in [6, 6.07) is 0. The standard InChI is InChI=1S/C8H23N5.4CH4/c9-1-4-12-5-8-13(6-2-10)7-3-11;;;;/h12H,1-11H2;4*1H4. The number of hydrogen-bond acceptors (Lipinski definition) is 5. The second-order valence-electron chi connectivity index (χ2n) is 2.96. The van der Waals surface area contributed by atoms with Crippen molar-refractivity contribution in [2.24, 2.45) is 17.2 Å². The smallest absolute Gasteiger partial charge is 0.0108 e. The van der Waals surface area contributed by atoms with Gasteiger partial charge in [0.25, 0.3) is 0 Å². The molecule has 0 aromatic heterocycles. The molecule has 17 heavy (non-hydrogen) atoms. The largest absolute Gasteiger partial charge is 0.329 e. The minimum Gasteiger partial charge on any atom is -0.329 e. The normalized spacial score (nSPS) is 8.47. The van der Waals surface area contributed by atoms with Crippen LogP contribution in [-0.4, -0.2) is 57.3 Å². The van der Waals surface area contributed by atoms with Crippen LogP contribution in [0.4, 0.5) is 0 Å². The van der Waals surface area contributed by atoms with E-state index in [1.165, 1.54) is 0 Å². The molecule has 0 aromatic rings. The Labute approximate surface area is 110 Å². The van der Waals surface area contributed by atoms with E-state index in [1.807, 2.05) is 0 Å². The molecule has 0 atom stereocenters.